The van der Waals surface area contributed by atoms with Crippen LogP contribution in [0.15, 0.2) is 109 Å². The van der Waals surface area contributed by atoms with Crippen LogP contribution in [0, 0.1) is 13.8 Å². The molecule has 0 N–H and O–H groups in total. The van der Waals surface area contributed by atoms with Crippen molar-refractivity contribution >= 4 is 33.1 Å². The fraction of sp³-hybridized carbons (Fsp3) is 0.111. The van der Waals surface area contributed by atoms with Crippen LogP contribution in [0.2, 0.25) is 0 Å². The Kier molecular flexibility index (Phi) is 5.34. The quantitative estimate of drug-likeness (QED) is 0.326. The van der Waals surface area contributed by atoms with Gasteiger partial charge in [0, 0.05) is 0 Å². The molecule has 0 bridgehead atoms. The van der Waals surface area contributed by atoms with Gasteiger partial charge < -0.3 is 0 Å². The molecule has 4 aromatic rings. The predicted octanol–water partition coefficient (Wildman–Crippen LogP) is 6.49. The van der Waals surface area contributed by atoms with Crippen molar-refractivity contribution in [3.05, 3.63) is 126 Å². The Balaban J connectivity index is 2.08. The van der Waals surface area contributed by atoms with E-state index in [-0.39, 0.29) is 0 Å². The van der Waals surface area contributed by atoms with Crippen LogP contribution in [-0.2, 0) is 6.16 Å². The number of rotatable bonds is 5. The topological polar surface area (TPSA) is 0 Å². The van der Waals surface area contributed by atoms with Crippen molar-refractivity contribution in [3.63, 3.8) is 0 Å². The van der Waals surface area contributed by atoms with Gasteiger partial charge >= 0.3 is 179 Å². The van der Waals surface area contributed by atoms with E-state index in [1.807, 2.05) is 0 Å². The Bertz CT molecular complexity index is 1010. The van der Waals surface area contributed by atoms with Crippen LogP contribution < -0.4 is 15.9 Å². The van der Waals surface area contributed by atoms with Crippen LogP contribution in [0.1, 0.15) is 16.7 Å². The van der Waals surface area contributed by atoms with Crippen LogP contribution in [0.3, 0.4) is 0 Å². The van der Waals surface area contributed by atoms with Gasteiger partial charge in [0.05, 0.1) is 0 Å². The van der Waals surface area contributed by atoms with Gasteiger partial charge in [-0.1, -0.05) is 0 Å². The molecule has 4 rings (SSSR count). The Labute approximate surface area is 178 Å². The second-order valence-corrected chi connectivity index (χ2v) is 14.2. The first-order valence-electron chi connectivity index (χ1n) is 9.98. The zero-order chi connectivity index (χ0) is 20.3. The fourth-order valence-corrected chi connectivity index (χ4v) is 10.3. The third kappa shape index (κ3) is 3.42. The van der Waals surface area contributed by atoms with E-state index in [0.29, 0.717) is 0 Å². The van der Waals surface area contributed by atoms with E-state index in [2.05, 4.69) is 123 Å². The molecule has 0 atom stereocenters. The summed E-state index contributed by atoms with van der Waals surface area (Å²) in [6, 6.07) is 38.8. The van der Waals surface area contributed by atoms with Crippen molar-refractivity contribution in [2.24, 2.45) is 0 Å². The van der Waals surface area contributed by atoms with Gasteiger partial charge in [0.1, 0.15) is 0 Å². The summed E-state index contributed by atoms with van der Waals surface area (Å²) in [6.45, 7) is 4.33. The average molecular weight is 417 g/mol. The molecule has 29 heavy (non-hydrogen) atoms. The van der Waals surface area contributed by atoms with Crippen LogP contribution in [0.4, 0.5) is 0 Å². The molecule has 4 aromatic carbocycles. The maximum atomic E-state index is 8.13. The number of hydrogen-bond donors (Lipinski definition) is 0. The molecule has 0 spiro atoms. The monoisotopic (exact) mass is 416 g/mol. The Morgan fingerprint density at radius 2 is 0.966 bits per heavy atom. The molecule has 0 heterocycles. The van der Waals surface area contributed by atoms with Crippen LogP contribution in [0.25, 0.3) is 0 Å². The summed E-state index contributed by atoms with van der Waals surface area (Å²) >= 11 is 8.13. The summed E-state index contributed by atoms with van der Waals surface area (Å²) in [7, 11) is 0. The van der Waals surface area contributed by atoms with Crippen molar-refractivity contribution < 1.29 is 0 Å². The van der Waals surface area contributed by atoms with Gasteiger partial charge in [0.2, 0.25) is 0 Å². The summed E-state index contributed by atoms with van der Waals surface area (Å²) in [4.78, 5) is 0. The molecule has 0 aliphatic rings. The molecular formula is C27H26ClP. The molecule has 0 saturated heterocycles. The zero-order valence-corrected chi connectivity index (χ0v) is 18.6. The minimum absolute atomic E-state index is 0.784. The van der Waals surface area contributed by atoms with E-state index in [4.69, 9.17) is 11.2 Å². The number of hydrogen-bond acceptors (Lipinski definition) is 0. The Morgan fingerprint density at radius 3 is 1.34 bits per heavy atom. The number of benzene rings is 4. The molecule has 0 saturated carbocycles. The summed E-state index contributed by atoms with van der Waals surface area (Å²) in [5, 5.41) is 3.61. The second kappa shape index (κ2) is 7.79. The van der Waals surface area contributed by atoms with Gasteiger partial charge in [-0.3, -0.25) is 0 Å². The van der Waals surface area contributed by atoms with Gasteiger partial charge in [-0.25, -0.2) is 0 Å². The Hall–Kier alpha value is -2.40. The molecule has 0 fully saturated rings. The van der Waals surface area contributed by atoms with E-state index >= 15 is 0 Å². The van der Waals surface area contributed by atoms with Gasteiger partial charge in [-0.05, 0) is 0 Å². The fourth-order valence-electron chi connectivity index (χ4n) is 4.18. The summed E-state index contributed by atoms with van der Waals surface area (Å²) < 4.78 is 0. The summed E-state index contributed by atoms with van der Waals surface area (Å²) in [5.74, 6) is -3.25. The van der Waals surface area contributed by atoms with E-state index in [1.165, 1.54) is 32.6 Å². The molecule has 0 aromatic heterocycles. The number of aryl methyl sites for hydroxylation is 2. The average Bonchev–Trinajstić information content (AvgIpc) is 2.78. The molecule has 0 aliphatic carbocycles. The van der Waals surface area contributed by atoms with Gasteiger partial charge in [-0.2, -0.15) is 0 Å². The molecule has 0 aliphatic heterocycles. The Morgan fingerprint density at radius 1 is 0.552 bits per heavy atom. The molecule has 2 heteroatoms. The van der Waals surface area contributed by atoms with E-state index < -0.39 is 5.96 Å². The van der Waals surface area contributed by atoms with Crippen molar-refractivity contribution in [1.29, 1.82) is 0 Å². The third-order valence-corrected chi connectivity index (χ3v) is 13.1. The molecular weight excluding hydrogens is 391 g/mol. The SMILES string of the molecule is Cc1ccc(CP(Cl)(c2ccccc2)(c2ccccc2)c2ccccc2)cc1C. The normalized spacial score (nSPS) is 12.9. The molecule has 0 amide bonds. The van der Waals surface area contributed by atoms with Crippen molar-refractivity contribution in [2.45, 2.75) is 20.0 Å². The molecule has 0 unspecified atom stereocenters. The van der Waals surface area contributed by atoms with Crippen molar-refractivity contribution in [3.8, 4) is 0 Å². The van der Waals surface area contributed by atoms with Gasteiger partial charge in [-0.15, -0.1) is 0 Å². The number of halogens is 1. The predicted molar refractivity (Wildman–Crippen MR) is 131 cm³/mol. The van der Waals surface area contributed by atoms with Crippen LogP contribution in [-0.4, -0.2) is 0 Å². The first-order valence-corrected chi connectivity index (χ1v) is 13.3. The van der Waals surface area contributed by atoms with E-state index in [1.54, 1.807) is 0 Å². The molecule has 146 valence electrons. The van der Waals surface area contributed by atoms with E-state index in [0.717, 1.165) is 6.16 Å². The summed E-state index contributed by atoms with van der Waals surface area (Å²) in [5.41, 5.74) is 3.89. The standard InChI is InChI=1S/C27H26ClP/c1-22-18-19-24(20-23(22)2)21-29(28,25-12-6-3-7-13-25,26-14-8-4-9-15-26)27-16-10-5-11-17-27/h3-20H,21H2,1-2H3. The van der Waals surface area contributed by atoms with E-state index in [9.17, 15) is 0 Å². The zero-order valence-electron chi connectivity index (χ0n) is 16.9. The van der Waals surface area contributed by atoms with Gasteiger partial charge in [0.15, 0.2) is 0 Å². The summed E-state index contributed by atoms with van der Waals surface area (Å²) in [6.07, 6.45) is 0.784. The molecule has 0 radical (unpaired) electrons. The second-order valence-electron chi connectivity index (χ2n) is 7.77. The van der Waals surface area contributed by atoms with Gasteiger partial charge in [0.25, 0.3) is 0 Å². The van der Waals surface area contributed by atoms with Crippen LogP contribution >= 0.6 is 17.2 Å². The first-order chi connectivity index (χ1) is 14.0. The minimum atomic E-state index is -3.25. The van der Waals surface area contributed by atoms with Crippen LogP contribution in [0.5, 0.6) is 0 Å². The van der Waals surface area contributed by atoms with Crippen molar-refractivity contribution in [1.82, 2.24) is 0 Å². The maximum absolute atomic E-state index is 8.13. The molecule has 0 nitrogen and oxygen atoms in total. The first kappa shape index (κ1) is 19.9. The van der Waals surface area contributed by atoms with Crippen molar-refractivity contribution in [2.75, 3.05) is 0 Å². The third-order valence-electron chi connectivity index (χ3n) is 5.93.